The Morgan fingerprint density at radius 3 is 2.67 bits per heavy atom. The second kappa shape index (κ2) is 4.62. The van der Waals surface area contributed by atoms with Gasteiger partial charge in [-0.25, -0.2) is 4.39 Å². The van der Waals surface area contributed by atoms with Gasteiger partial charge < -0.3 is 4.74 Å². The number of carbonyl (C=O) groups is 1. The third-order valence-electron chi connectivity index (χ3n) is 2.06. The van der Waals surface area contributed by atoms with Crippen molar-refractivity contribution in [1.82, 2.24) is 0 Å². The first-order valence-corrected chi connectivity index (χ1v) is 4.86. The van der Waals surface area contributed by atoms with E-state index in [2.05, 4.69) is 0 Å². The molecule has 1 aromatic rings. The minimum Gasteiger partial charge on any atom is -0.492 e. The number of halogens is 2. The summed E-state index contributed by atoms with van der Waals surface area (Å²) in [7, 11) is 1.35. The average Bonchev–Trinajstić information content (AvgIpc) is 2.14. The molecule has 1 rings (SSSR count). The van der Waals surface area contributed by atoms with Crippen molar-refractivity contribution >= 4 is 17.4 Å². The van der Waals surface area contributed by atoms with Crippen LogP contribution in [0.15, 0.2) is 6.07 Å². The zero-order chi connectivity index (χ0) is 11.6. The first-order valence-electron chi connectivity index (χ1n) is 4.48. The molecule has 0 saturated carbocycles. The van der Waals surface area contributed by atoms with Crippen LogP contribution in [0.25, 0.3) is 0 Å². The summed E-state index contributed by atoms with van der Waals surface area (Å²) in [4.78, 5) is 10.9. The first-order chi connectivity index (χ1) is 6.97. The molecule has 0 radical (unpaired) electrons. The maximum Gasteiger partial charge on any atom is 0.173 e. The summed E-state index contributed by atoms with van der Waals surface area (Å²) in [6.45, 7) is 3.16. The Labute approximate surface area is 93.0 Å². The number of ketones is 1. The Kier molecular flexibility index (Phi) is 3.69. The number of methoxy groups -OCH3 is 1. The molecule has 0 aromatic heterocycles. The molecule has 0 saturated heterocycles. The van der Waals surface area contributed by atoms with Crippen molar-refractivity contribution in [3.63, 3.8) is 0 Å². The van der Waals surface area contributed by atoms with Crippen LogP contribution < -0.4 is 4.74 Å². The van der Waals surface area contributed by atoms with Gasteiger partial charge in [-0.05, 0) is 25.0 Å². The van der Waals surface area contributed by atoms with Crippen LogP contribution in [-0.2, 0) is 11.2 Å². The van der Waals surface area contributed by atoms with Crippen LogP contribution in [0.1, 0.15) is 18.1 Å². The molecule has 2 nitrogen and oxygen atoms in total. The van der Waals surface area contributed by atoms with Crippen molar-refractivity contribution in [3.8, 4) is 5.75 Å². The fourth-order valence-corrected chi connectivity index (χ4v) is 1.60. The molecule has 0 bridgehead atoms. The smallest absolute Gasteiger partial charge is 0.173 e. The molecule has 15 heavy (non-hydrogen) atoms. The van der Waals surface area contributed by atoms with Crippen LogP contribution >= 0.6 is 11.6 Å². The van der Waals surface area contributed by atoms with Gasteiger partial charge in [0.15, 0.2) is 11.6 Å². The molecule has 0 fully saturated rings. The molecule has 0 aliphatic heterocycles. The predicted molar refractivity (Wildman–Crippen MR) is 57.1 cm³/mol. The second-order valence-electron chi connectivity index (χ2n) is 3.39. The summed E-state index contributed by atoms with van der Waals surface area (Å²) in [5.41, 5.74) is 1.02. The molecular weight excluding hydrogens is 219 g/mol. The number of benzene rings is 1. The number of rotatable bonds is 3. The van der Waals surface area contributed by atoms with E-state index in [0.29, 0.717) is 11.1 Å². The molecule has 0 unspecified atom stereocenters. The summed E-state index contributed by atoms with van der Waals surface area (Å²) in [6, 6.07) is 1.57. The van der Waals surface area contributed by atoms with Gasteiger partial charge in [-0.15, -0.1) is 0 Å². The Morgan fingerprint density at radius 1 is 1.60 bits per heavy atom. The van der Waals surface area contributed by atoms with Crippen molar-refractivity contribution in [2.75, 3.05) is 7.11 Å². The summed E-state index contributed by atoms with van der Waals surface area (Å²) < 4.78 is 18.6. The molecule has 82 valence electrons. The van der Waals surface area contributed by atoms with Crippen LogP contribution in [-0.4, -0.2) is 12.9 Å². The summed E-state index contributed by atoms with van der Waals surface area (Å²) in [5.74, 6) is -0.645. The predicted octanol–water partition coefficient (Wildman–Crippen LogP) is 2.93. The van der Waals surface area contributed by atoms with Crippen LogP contribution in [0.5, 0.6) is 5.75 Å². The van der Waals surface area contributed by atoms with Gasteiger partial charge in [0.05, 0.1) is 12.1 Å². The first kappa shape index (κ1) is 12.0. The quantitative estimate of drug-likeness (QED) is 0.798. The Hall–Kier alpha value is -1.09. The number of hydrogen-bond donors (Lipinski definition) is 0. The molecule has 1 aromatic carbocycles. The number of hydrogen-bond acceptors (Lipinski definition) is 2. The third-order valence-corrected chi connectivity index (χ3v) is 2.53. The number of aryl methyl sites for hydroxylation is 1. The van der Waals surface area contributed by atoms with E-state index in [-0.39, 0.29) is 23.0 Å². The van der Waals surface area contributed by atoms with Crippen molar-refractivity contribution in [3.05, 3.63) is 28.0 Å². The molecular formula is C11H12ClFO2. The lowest BCUT2D eigenvalue weighted by Crippen LogP contribution is -2.03. The van der Waals surface area contributed by atoms with Gasteiger partial charge >= 0.3 is 0 Å². The van der Waals surface area contributed by atoms with Gasteiger partial charge in [-0.1, -0.05) is 17.7 Å². The minimum absolute atomic E-state index is 0.00733. The zero-order valence-electron chi connectivity index (χ0n) is 8.86. The number of ether oxygens (including phenoxy) is 1. The van der Waals surface area contributed by atoms with Crippen molar-refractivity contribution in [2.24, 2.45) is 0 Å². The van der Waals surface area contributed by atoms with E-state index in [1.54, 1.807) is 13.0 Å². The summed E-state index contributed by atoms with van der Waals surface area (Å²) in [6.07, 6.45) is 0.0558. The normalized spacial score (nSPS) is 10.2. The topological polar surface area (TPSA) is 26.3 Å². The standard InChI is InChI=1S/C11H12ClFO2/c1-6-4-8(5-7(2)14)10(13)11(15-3)9(6)12/h4H,5H2,1-3H3. The molecule has 0 N–H and O–H groups in total. The van der Waals surface area contributed by atoms with E-state index in [1.807, 2.05) is 0 Å². The summed E-state index contributed by atoms with van der Waals surface area (Å²) in [5, 5.41) is 0.252. The molecule has 0 amide bonds. The van der Waals surface area contributed by atoms with E-state index in [0.717, 1.165) is 0 Å². The highest BCUT2D eigenvalue weighted by Crippen LogP contribution is 2.33. The fourth-order valence-electron chi connectivity index (χ4n) is 1.39. The molecule has 0 aliphatic rings. The highest BCUT2D eigenvalue weighted by molar-refractivity contribution is 6.32. The highest BCUT2D eigenvalue weighted by Gasteiger charge is 2.16. The van der Waals surface area contributed by atoms with Crippen LogP contribution in [0, 0.1) is 12.7 Å². The minimum atomic E-state index is -0.552. The van der Waals surface area contributed by atoms with Gasteiger partial charge in [-0.2, -0.15) is 0 Å². The van der Waals surface area contributed by atoms with Crippen LogP contribution in [0.3, 0.4) is 0 Å². The van der Waals surface area contributed by atoms with Gasteiger partial charge in [0, 0.05) is 6.42 Å². The maximum atomic E-state index is 13.7. The lowest BCUT2D eigenvalue weighted by atomic mass is 10.1. The number of Topliss-reactive ketones (excluding diaryl/α,β-unsaturated/α-hetero) is 1. The summed E-state index contributed by atoms with van der Waals surface area (Å²) >= 11 is 5.86. The van der Waals surface area contributed by atoms with Crippen molar-refractivity contribution in [1.29, 1.82) is 0 Å². The lowest BCUT2D eigenvalue weighted by molar-refractivity contribution is -0.116. The number of carbonyl (C=O) groups excluding carboxylic acids is 1. The van der Waals surface area contributed by atoms with Gasteiger partial charge in [0.1, 0.15) is 5.78 Å². The molecule has 4 heteroatoms. The van der Waals surface area contributed by atoms with Gasteiger partial charge in [0.2, 0.25) is 0 Å². The lowest BCUT2D eigenvalue weighted by Gasteiger charge is -2.10. The van der Waals surface area contributed by atoms with E-state index in [4.69, 9.17) is 16.3 Å². The van der Waals surface area contributed by atoms with E-state index in [1.165, 1.54) is 14.0 Å². The molecule has 0 atom stereocenters. The molecule has 0 heterocycles. The van der Waals surface area contributed by atoms with Gasteiger partial charge in [0.25, 0.3) is 0 Å². The van der Waals surface area contributed by atoms with E-state index < -0.39 is 5.82 Å². The zero-order valence-corrected chi connectivity index (χ0v) is 9.61. The van der Waals surface area contributed by atoms with Crippen LogP contribution in [0.4, 0.5) is 4.39 Å². The van der Waals surface area contributed by atoms with E-state index in [9.17, 15) is 9.18 Å². The average molecular weight is 231 g/mol. The SMILES string of the molecule is COc1c(F)c(CC(C)=O)cc(C)c1Cl. The van der Waals surface area contributed by atoms with Gasteiger partial charge in [-0.3, -0.25) is 4.79 Å². The second-order valence-corrected chi connectivity index (χ2v) is 3.77. The van der Waals surface area contributed by atoms with Crippen molar-refractivity contribution < 1.29 is 13.9 Å². The van der Waals surface area contributed by atoms with E-state index >= 15 is 0 Å². The monoisotopic (exact) mass is 230 g/mol. The Balaban J connectivity index is 3.30. The Bertz CT molecular complexity index is 402. The maximum absolute atomic E-state index is 13.7. The molecule has 0 spiro atoms. The highest BCUT2D eigenvalue weighted by atomic mass is 35.5. The fraction of sp³-hybridized carbons (Fsp3) is 0.364. The molecule has 0 aliphatic carbocycles. The largest absolute Gasteiger partial charge is 0.492 e. The third kappa shape index (κ3) is 2.48. The van der Waals surface area contributed by atoms with Crippen molar-refractivity contribution in [2.45, 2.75) is 20.3 Å². The van der Waals surface area contributed by atoms with Crippen LogP contribution in [0.2, 0.25) is 5.02 Å². The Morgan fingerprint density at radius 2 is 2.20 bits per heavy atom.